The topological polar surface area (TPSA) is 105 Å². The van der Waals surface area contributed by atoms with Gasteiger partial charge < -0.3 is 5.21 Å². The maximum atomic E-state index is 13.5. The minimum atomic E-state index is -3.86. The average Bonchev–Trinajstić information content (AvgIpc) is 2.73. The van der Waals surface area contributed by atoms with Crippen LogP contribution >= 0.6 is 15.9 Å². The number of nitrogens with one attached hydrogen (secondary N) is 1. The van der Waals surface area contributed by atoms with Crippen molar-refractivity contribution in [2.24, 2.45) is 5.16 Å². The smallest absolute Gasteiger partial charge is 0.263 e. The average molecular weight is 521 g/mol. The molecule has 10 heteroatoms. The summed E-state index contributed by atoms with van der Waals surface area (Å²) in [5.74, 6) is -0.479. The van der Waals surface area contributed by atoms with E-state index in [0.29, 0.717) is 10.2 Å². The summed E-state index contributed by atoms with van der Waals surface area (Å²) in [5.41, 5.74) is 1.73. The summed E-state index contributed by atoms with van der Waals surface area (Å²) in [6.45, 7) is 6.14. The second-order valence-electron chi connectivity index (χ2n) is 8.12. The van der Waals surface area contributed by atoms with Gasteiger partial charge in [0, 0.05) is 22.7 Å². The van der Waals surface area contributed by atoms with Crippen LogP contribution < -0.4 is 4.72 Å². The summed E-state index contributed by atoms with van der Waals surface area (Å²) in [7, 11) is -3.86. The lowest BCUT2D eigenvalue weighted by molar-refractivity contribution is 0.318. The lowest BCUT2D eigenvalue weighted by atomic mass is 9.87. The molecule has 2 aromatic heterocycles. The molecule has 2 N–H and O–H groups in total. The third kappa shape index (κ3) is 5.68. The van der Waals surface area contributed by atoms with Gasteiger partial charge in [-0.3, -0.25) is 9.71 Å². The van der Waals surface area contributed by atoms with Gasteiger partial charge in [-0.05, 0) is 57.2 Å². The van der Waals surface area contributed by atoms with E-state index in [2.05, 4.69) is 35.8 Å². The summed E-state index contributed by atoms with van der Waals surface area (Å²) < 4.78 is 42.2. The fourth-order valence-electron chi connectivity index (χ4n) is 2.92. The van der Waals surface area contributed by atoms with E-state index in [1.165, 1.54) is 18.3 Å². The normalized spacial score (nSPS) is 12.6. The monoisotopic (exact) mass is 520 g/mol. The highest BCUT2D eigenvalue weighted by Crippen LogP contribution is 2.25. The minimum Gasteiger partial charge on any atom is -0.411 e. The van der Waals surface area contributed by atoms with E-state index in [0.717, 1.165) is 11.8 Å². The first-order valence-electron chi connectivity index (χ1n) is 9.60. The summed E-state index contributed by atoms with van der Waals surface area (Å²) in [6.07, 6.45) is 2.41. The number of rotatable bonds is 6. The van der Waals surface area contributed by atoms with Crippen molar-refractivity contribution in [2.75, 3.05) is 4.72 Å². The lowest BCUT2D eigenvalue weighted by Crippen LogP contribution is -2.16. The first kappa shape index (κ1) is 23.8. The Morgan fingerprint density at radius 2 is 1.84 bits per heavy atom. The molecule has 0 unspecified atom stereocenters. The number of aromatic nitrogens is 2. The van der Waals surface area contributed by atoms with E-state index in [4.69, 9.17) is 0 Å². The van der Waals surface area contributed by atoms with Crippen molar-refractivity contribution < 1.29 is 18.0 Å². The van der Waals surface area contributed by atoms with Crippen molar-refractivity contribution in [1.82, 2.24) is 9.97 Å². The summed E-state index contributed by atoms with van der Waals surface area (Å²) >= 11 is 3.36. The highest BCUT2D eigenvalue weighted by molar-refractivity contribution is 9.10. The van der Waals surface area contributed by atoms with Crippen molar-refractivity contribution in [3.05, 3.63) is 82.0 Å². The molecule has 0 aliphatic heterocycles. The molecular weight excluding hydrogens is 499 g/mol. The molecule has 1 aromatic carbocycles. The number of hydrogen-bond acceptors (Lipinski definition) is 6. The fourth-order valence-corrected chi connectivity index (χ4v) is 4.28. The largest absolute Gasteiger partial charge is 0.411 e. The van der Waals surface area contributed by atoms with Crippen LogP contribution in [0.25, 0.3) is 0 Å². The van der Waals surface area contributed by atoms with Crippen LogP contribution in [0.15, 0.2) is 69.4 Å². The van der Waals surface area contributed by atoms with Crippen LogP contribution in [0.5, 0.6) is 0 Å². The number of anilines is 1. The Morgan fingerprint density at radius 1 is 1.16 bits per heavy atom. The van der Waals surface area contributed by atoms with E-state index in [-0.39, 0.29) is 33.8 Å². The molecule has 0 fully saturated rings. The number of nitrogens with zero attached hydrogens (tertiary/aromatic N) is 3. The Morgan fingerprint density at radius 3 is 2.44 bits per heavy atom. The van der Waals surface area contributed by atoms with Gasteiger partial charge >= 0.3 is 0 Å². The van der Waals surface area contributed by atoms with Gasteiger partial charge in [0.2, 0.25) is 0 Å². The van der Waals surface area contributed by atoms with Crippen molar-refractivity contribution in [1.29, 1.82) is 0 Å². The second kappa shape index (κ2) is 9.33. The molecule has 7 nitrogen and oxygen atoms in total. The standard InChI is InChI=1S/C22H22BrFN4O3S/c1-22(2,3)15-4-6-17(7-5-15)32(30,31)28-21-9-8-18(23)20(26-21)11-19(27-29)14-10-16(24)13-25-12-14/h4-10,12-13,29H,11H2,1-3H3,(H,26,28)/b27-19+. The molecule has 168 valence electrons. The number of pyridine rings is 2. The van der Waals surface area contributed by atoms with E-state index >= 15 is 0 Å². The van der Waals surface area contributed by atoms with Crippen LogP contribution in [0.4, 0.5) is 10.2 Å². The van der Waals surface area contributed by atoms with Gasteiger partial charge in [0.25, 0.3) is 10.0 Å². The molecule has 0 aliphatic carbocycles. The molecule has 2 heterocycles. The highest BCUT2D eigenvalue weighted by Gasteiger charge is 2.19. The predicted octanol–water partition coefficient (Wildman–Crippen LogP) is 4.90. The minimum absolute atomic E-state index is 0.0120. The molecule has 3 rings (SSSR count). The van der Waals surface area contributed by atoms with Crippen molar-refractivity contribution in [3.8, 4) is 0 Å². The van der Waals surface area contributed by atoms with Crippen LogP contribution in [0, 0.1) is 5.82 Å². The van der Waals surface area contributed by atoms with Gasteiger partial charge in [-0.1, -0.05) is 38.1 Å². The van der Waals surface area contributed by atoms with Crippen LogP contribution in [0.3, 0.4) is 0 Å². The molecule has 0 saturated heterocycles. The van der Waals surface area contributed by atoms with Crippen LogP contribution in [0.2, 0.25) is 0 Å². The molecule has 0 atom stereocenters. The zero-order valence-electron chi connectivity index (χ0n) is 17.7. The molecule has 0 aliphatic rings. The van der Waals surface area contributed by atoms with E-state index in [1.807, 2.05) is 20.8 Å². The van der Waals surface area contributed by atoms with E-state index in [1.54, 1.807) is 30.3 Å². The molecule has 0 saturated carbocycles. The van der Waals surface area contributed by atoms with Crippen LogP contribution in [-0.4, -0.2) is 29.3 Å². The van der Waals surface area contributed by atoms with Crippen LogP contribution in [-0.2, 0) is 21.9 Å². The Hall–Kier alpha value is -2.85. The Labute approximate surface area is 194 Å². The van der Waals surface area contributed by atoms with E-state index < -0.39 is 15.8 Å². The van der Waals surface area contributed by atoms with Crippen LogP contribution in [0.1, 0.15) is 37.6 Å². The molecule has 0 radical (unpaired) electrons. The van der Waals surface area contributed by atoms with Gasteiger partial charge in [0.1, 0.15) is 11.6 Å². The maximum absolute atomic E-state index is 13.5. The van der Waals surface area contributed by atoms with Crippen molar-refractivity contribution in [3.63, 3.8) is 0 Å². The predicted molar refractivity (Wildman–Crippen MR) is 124 cm³/mol. The third-order valence-corrected chi connectivity index (χ3v) is 6.77. The van der Waals surface area contributed by atoms with Gasteiger partial charge in [-0.25, -0.2) is 17.8 Å². The molecule has 0 amide bonds. The molecule has 32 heavy (non-hydrogen) atoms. The first-order valence-corrected chi connectivity index (χ1v) is 11.9. The van der Waals surface area contributed by atoms with Gasteiger partial charge in [-0.15, -0.1) is 0 Å². The Bertz CT molecular complexity index is 1260. The molecule has 0 bridgehead atoms. The third-order valence-electron chi connectivity index (χ3n) is 4.68. The SMILES string of the molecule is CC(C)(C)c1ccc(S(=O)(=O)Nc2ccc(Br)c(C/C(=N\O)c3cncc(F)c3)n2)cc1. The summed E-state index contributed by atoms with van der Waals surface area (Å²) in [6, 6.07) is 11.0. The molecular formula is C22H22BrFN4O3S. The zero-order chi connectivity index (χ0) is 23.5. The maximum Gasteiger partial charge on any atom is 0.263 e. The number of oxime groups is 1. The number of benzene rings is 1. The fraction of sp³-hybridized carbons (Fsp3) is 0.227. The Kier molecular flexibility index (Phi) is 6.94. The number of halogens is 2. The van der Waals surface area contributed by atoms with E-state index in [9.17, 15) is 18.0 Å². The van der Waals surface area contributed by atoms with Crippen molar-refractivity contribution >= 4 is 37.5 Å². The molecule has 3 aromatic rings. The quantitative estimate of drug-likeness (QED) is 0.273. The summed E-state index contributed by atoms with van der Waals surface area (Å²) in [5, 5.41) is 12.6. The highest BCUT2D eigenvalue weighted by atomic mass is 79.9. The zero-order valence-corrected chi connectivity index (χ0v) is 20.1. The van der Waals surface area contributed by atoms with Gasteiger partial charge in [-0.2, -0.15) is 0 Å². The van der Waals surface area contributed by atoms with Gasteiger partial charge in [0.05, 0.1) is 22.5 Å². The lowest BCUT2D eigenvalue weighted by Gasteiger charge is -2.19. The number of hydrogen-bond donors (Lipinski definition) is 2. The molecule has 0 spiro atoms. The van der Waals surface area contributed by atoms with Gasteiger partial charge in [0.15, 0.2) is 0 Å². The first-order chi connectivity index (χ1) is 15.0. The summed E-state index contributed by atoms with van der Waals surface area (Å²) in [4.78, 5) is 8.19. The second-order valence-corrected chi connectivity index (χ2v) is 10.7. The Balaban J connectivity index is 1.85. The van der Waals surface area contributed by atoms with Crippen molar-refractivity contribution in [2.45, 2.75) is 37.5 Å². The number of sulfonamides is 1.